The fourth-order valence-electron chi connectivity index (χ4n) is 13.5. The van der Waals surface area contributed by atoms with Crippen LogP contribution in [-0.4, -0.2) is 262 Å². The zero-order valence-corrected chi connectivity index (χ0v) is 61.3. The molecular weight excluding hydrogens is 1410 g/mol. The van der Waals surface area contributed by atoms with Crippen LogP contribution in [0, 0.1) is 0 Å². The molecule has 0 spiro atoms. The van der Waals surface area contributed by atoms with Crippen LogP contribution in [0.5, 0.6) is 0 Å². The van der Waals surface area contributed by atoms with E-state index in [1.807, 2.05) is 0 Å². The van der Waals surface area contributed by atoms with E-state index in [1.165, 1.54) is 7.11 Å². The Morgan fingerprint density at radius 1 is 0.190 bits per heavy atom. The molecule has 25 atom stereocenters. The Morgan fingerprint density at radius 2 is 0.333 bits per heavy atom. The smallest absolute Gasteiger partial charge is 0.303 e. The van der Waals surface area contributed by atoms with Gasteiger partial charge in [0.2, 0.25) is 0 Å². The fraction of sp³-hybridized carbons (Fsp3) is 0.761. The van der Waals surface area contributed by atoms with Crippen LogP contribution >= 0.6 is 0 Å². The third-order valence-electron chi connectivity index (χ3n) is 16.7. The van der Waals surface area contributed by atoms with Gasteiger partial charge >= 0.3 is 95.5 Å². The van der Waals surface area contributed by atoms with Crippen LogP contribution in [0.4, 0.5) is 0 Å². The van der Waals surface area contributed by atoms with Crippen molar-refractivity contribution < 1.29 is 181 Å². The number of esters is 16. The van der Waals surface area contributed by atoms with E-state index in [0.29, 0.717) is 0 Å². The summed E-state index contributed by atoms with van der Waals surface area (Å²) in [7, 11) is 1.19. The summed E-state index contributed by atoms with van der Waals surface area (Å²) in [6, 6.07) is 0. The first-order valence-electron chi connectivity index (χ1n) is 33.7. The first kappa shape index (κ1) is 86.9. The van der Waals surface area contributed by atoms with E-state index in [0.717, 1.165) is 111 Å². The van der Waals surface area contributed by atoms with E-state index in [9.17, 15) is 76.7 Å². The van der Waals surface area contributed by atoms with Crippen molar-refractivity contribution in [3.63, 3.8) is 0 Å². The molecule has 0 amide bonds. The molecule has 5 aliphatic rings. The van der Waals surface area contributed by atoms with Gasteiger partial charge in [0.05, 0.1) is 42.7 Å². The molecule has 0 unspecified atom stereocenters. The molecule has 38 nitrogen and oxygen atoms in total. The van der Waals surface area contributed by atoms with Crippen LogP contribution in [0.3, 0.4) is 0 Å². The lowest BCUT2D eigenvalue weighted by Gasteiger charge is -2.48. The van der Waals surface area contributed by atoms with Crippen LogP contribution in [-0.2, 0) is 181 Å². The number of carbonyl (C=O) groups is 16. The zero-order chi connectivity index (χ0) is 78.6. The molecule has 0 aromatic rings. The largest absolute Gasteiger partial charge is 0.463 e. The van der Waals surface area contributed by atoms with Gasteiger partial charge in [0.25, 0.3) is 0 Å². The van der Waals surface area contributed by atoms with Crippen molar-refractivity contribution in [3.8, 4) is 0 Å². The first-order chi connectivity index (χ1) is 49.2. The molecule has 5 saturated heterocycles. The second-order valence-electron chi connectivity index (χ2n) is 25.4. The molecule has 105 heavy (non-hydrogen) atoms. The van der Waals surface area contributed by atoms with Crippen LogP contribution < -0.4 is 0 Å². The topological polar surface area (TPSA) is 476 Å². The molecule has 0 aliphatic carbocycles. The molecule has 5 aliphatic heterocycles. The molecule has 0 saturated carbocycles. The maximum atomic E-state index is 13.3. The molecule has 0 N–H and O–H groups in total. The van der Waals surface area contributed by atoms with Crippen molar-refractivity contribution in [2.75, 3.05) is 13.7 Å². The minimum absolute atomic E-state index is 0.274. The first-order valence-corrected chi connectivity index (χ1v) is 33.7. The van der Waals surface area contributed by atoms with Crippen LogP contribution in [0.2, 0.25) is 0 Å². The summed E-state index contributed by atoms with van der Waals surface area (Å²) in [5, 5.41) is 0. The second kappa shape index (κ2) is 40.1. The van der Waals surface area contributed by atoms with Gasteiger partial charge in [-0.1, -0.05) is 0 Å². The highest BCUT2D eigenvalue weighted by atomic mass is 16.7. The van der Waals surface area contributed by atoms with E-state index in [2.05, 4.69) is 0 Å². The van der Waals surface area contributed by atoms with E-state index in [1.54, 1.807) is 0 Å². The van der Waals surface area contributed by atoms with E-state index >= 15 is 0 Å². The minimum Gasteiger partial charge on any atom is -0.463 e. The summed E-state index contributed by atoms with van der Waals surface area (Å²) in [6.45, 7) is 15.8. The summed E-state index contributed by atoms with van der Waals surface area (Å²) in [4.78, 5) is 206. The lowest BCUT2D eigenvalue weighted by molar-refractivity contribution is -0.301. The van der Waals surface area contributed by atoms with Gasteiger partial charge in [-0.05, 0) is 51.4 Å². The highest BCUT2D eigenvalue weighted by molar-refractivity contribution is 5.73. The molecule has 590 valence electrons. The van der Waals surface area contributed by atoms with Gasteiger partial charge in [-0.25, -0.2) is 0 Å². The Kier molecular flexibility index (Phi) is 33.2. The quantitative estimate of drug-likeness (QED) is 0.0717. The van der Waals surface area contributed by atoms with E-state index < -0.39 is 261 Å². The number of rotatable bonds is 30. The lowest BCUT2D eigenvalue weighted by Crippen LogP contribution is -2.64. The molecule has 0 aromatic heterocycles. The summed E-state index contributed by atoms with van der Waals surface area (Å²) in [6.07, 6.45) is -41.5. The lowest BCUT2D eigenvalue weighted by atomic mass is 9.84. The van der Waals surface area contributed by atoms with Crippen molar-refractivity contribution >= 4 is 95.5 Å². The number of carbonyl (C=O) groups excluding carboxylic acids is 16. The van der Waals surface area contributed by atoms with Crippen LogP contribution in [0.25, 0.3) is 0 Å². The van der Waals surface area contributed by atoms with Crippen molar-refractivity contribution in [2.45, 2.75) is 315 Å². The van der Waals surface area contributed by atoms with Crippen LogP contribution in [0.1, 0.15) is 162 Å². The van der Waals surface area contributed by atoms with E-state index in [4.69, 9.17) is 104 Å². The van der Waals surface area contributed by atoms with Gasteiger partial charge in [0, 0.05) is 118 Å². The van der Waals surface area contributed by atoms with Gasteiger partial charge in [-0.2, -0.15) is 0 Å². The number of methoxy groups -OCH3 is 1. The van der Waals surface area contributed by atoms with E-state index in [-0.39, 0.29) is 44.9 Å². The number of ether oxygens (including phenoxy) is 22. The molecule has 0 bridgehead atoms. The maximum absolute atomic E-state index is 13.3. The SMILES string of the molecule is CO[C@H]1O[C@H](CC[C@@H]2O[C@H](CC[C@@H]3O[C@H](CC[C@@H]4O[C@H](CC[C@@H]5O[C@H](COC(C)=O)[C@H](OC(C)=O)[C@H](OC(C)=O)[C@H]5OC(C)=O)[C@H](OC(C)=O)[C@H](OC(C)=O)[C@H]4OC(C)=O)[C@H](OC(C)=O)[C@H](OC(C)=O)[C@H]3OC(C)=O)[C@H](OC(C)=O)[C@H](OC(C)=O)[C@H]2OC(C)=O)[C@H](OC(C)=O)[C@H](OC(C)=O)[C@H]1OC(C)=O. The normalized spacial score (nSPS) is 32.8. The molecular formula is C67H94O38. The van der Waals surface area contributed by atoms with Crippen LogP contribution in [0.15, 0.2) is 0 Å². The van der Waals surface area contributed by atoms with Gasteiger partial charge in [0.15, 0.2) is 97.8 Å². The standard InChI is InChI=1S/C67H94O38/c1-27(68)85-26-51-60(94-36(10)77)64(98-40(14)81)58(92-34(8)75)49(104-51)23-22-47-56(90-32(6)73)62(96-38(12)79)54(88-30(4)71)45(102-47)19-18-43-52(86-28(2)69)61(95-37(11)78)53(87-29(3)70)44(101-43)20-21-46-55(89-31(5)72)63(97-39(13)80)57(91-33(7)74)48(103-46)24-25-50-59(93-35(9)76)65(99-41(15)82)66(100-42(16)83)67(84-17)105-50/h43-67H,18-26H2,1-17H3/t43-,44+,45+,46-,47-,48+,49+,50-,51-,52+,53+,54+,55+,56+,57+,58+,59+,60+,61+,62-,63+,64-,65+,66-,67+/m1/s1. The third kappa shape index (κ3) is 26.1. The highest BCUT2D eigenvalue weighted by Gasteiger charge is 2.59. The Morgan fingerprint density at radius 3 is 0.505 bits per heavy atom. The second-order valence-corrected chi connectivity index (χ2v) is 25.4. The van der Waals surface area contributed by atoms with Crippen molar-refractivity contribution in [2.24, 2.45) is 0 Å². The molecule has 38 heteroatoms. The average molecular weight is 1510 g/mol. The molecule has 0 aromatic carbocycles. The third-order valence-corrected chi connectivity index (χ3v) is 16.7. The van der Waals surface area contributed by atoms with Gasteiger partial charge in [-0.3, -0.25) is 76.7 Å². The zero-order valence-electron chi connectivity index (χ0n) is 61.3. The Hall–Kier alpha value is -8.72. The predicted octanol–water partition coefficient (Wildman–Crippen LogP) is 1.09. The molecule has 5 heterocycles. The highest BCUT2D eigenvalue weighted by Crippen LogP contribution is 2.42. The summed E-state index contributed by atoms with van der Waals surface area (Å²) >= 11 is 0. The molecule has 0 radical (unpaired) electrons. The Balaban J connectivity index is 1.63. The number of hydrogen-bond donors (Lipinski definition) is 0. The van der Waals surface area contributed by atoms with Gasteiger partial charge < -0.3 is 104 Å². The fourth-order valence-corrected chi connectivity index (χ4v) is 13.5. The van der Waals surface area contributed by atoms with Crippen molar-refractivity contribution in [1.82, 2.24) is 0 Å². The van der Waals surface area contributed by atoms with Gasteiger partial charge in [0.1, 0.15) is 18.8 Å². The molecule has 5 fully saturated rings. The summed E-state index contributed by atoms with van der Waals surface area (Å²) in [5.74, 6) is -14.9. The maximum Gasteiger partial charge on any atom is 0.303 e. The van der Waals surface area contributed by atoms with Gasteiger partial charge in [-0.15, -0.1) is 0 Å². The average Bonchev–Trinajstić information content (AvgIpc) is 0.787. The summed E-state index contributed by atoms with van der Waals surface area (Å²) < 4.78 is 130. The summed E-state index contributed by atoms with van der Waals surface area (Å²) in [5.41, 5.74) is 0. The Labute approximate surface area is 603 Å². The minimum atomic E-state index is -1.74. The predicted molar refractivity (Wildman–Crippen MR) is 337 cm³/mol. The Bertz CT molecular complexity index is 3130. The number of hydrogen-bond acceptors (Lipinski definition) is 38. The van der Waals surface area contributed by atoms with Crippen molar-refractivity contribution in [1.29, 1.82) is 0 Å². The van der Waals surface area contributed by atoms with Crippen molar-refractivity contribution in [3.05, 3.63) is 0 Å². The molecule has 5 rings (SSSR count). The monoisotopic (exact) mass is 1510 g/mol.